The lowest BCUT2D eigenvalue weighted by Crippen LogP contribution is -2.30. The molecule has 1 aromatic heterocycles. The number of allylic oxidation sites excluding steroid dienone is 5. The van der Waals surface area contributed by atoms with E-state index in [2.05, 4.69) is 83.7 Å². The van der Waals surface area contributed by atoms with Crippen LogP contribution in [0.15, 0.2) is 103 Å². The number of aryl methyl sites for hydroxylation is 1. The van der Waals surface area contributed by atoms with Crippen molar-refractivity contribution in [1.29, 1.82) is 0 Å². The average molecular weight is 516 g/mol. The predicted molar refractivity (Wildman–Crippen MR) is 164 cm³/mol. The maximum absolute atomic E-state index is 9.72. The molecule has 0 saturated carbocycles. The second kappa shape index (κ2) is 11.2. The summed E-state index contributed by atoms with van der Waals surface area (Å²) in [6, 6.07) is 19.9. The van der Waals surface area contributed by atoms with Crippen LogP contribution >= 0.6 is 0 Å². The summed E-state index contributed by atoms with van der Waals surface area (Å²) >= 11 is 0. The fraction of sp³-hybridized carbons (Fsp3) is 0.152. The van der Waals surface area contributed by atoms with Gasteiger partial charge in [0.25, 0.3) is 0 Å². The van der Waals surface area contributed by atoms with Gasteiger partial charge >= 0.3 is 7.12 Å². The van der Waals surface area contributed by atoms with E-state index in [1.54, 1.807) is 18.2 Å². The zero-order valence-electron chi connectivity index (χ0n) is 22.6. The summed E-state index contributed by atoms with van der Waals surface area (Å²) in [6.07, 6.45) is 14.4. The average Bonchev–Trinajstić information content (AvgIpc) is 3.26. The van der Waals surface area contributed by atoms with Crippen molar-refractivity contribution >= 4 is 40.9 Å². The second-order valence-electron chi connectivity index (χ2n) is 9.26. The minimum atomic E-state index is -1.56. The van der Waals surface area contributed by atoms with Crippen molar-refractivity contribution in [2.24, 2.45) is 0 Å². The first-order chi connectivity index (χ1) is 19.1. The van der Waals surface area contributed by atoms with Crippen molar-refractivity contribution in [1.82, 2.24) is 4.57 Å². The van der Waals surface area contributed by atoms with E-state index in [9.17, 15) is 10.0 Å². The molecule has 2 N–H and O–H groups in total. The van der Waals surface area contributed by atoms with Gasteiger partial charge in [-0.05, 0) is 79.3 Å². The molecule has 0 saturated heterocycles. The van der Waals surface area contributed by atoms with E-state index in [1.165, 1.54) is 10.9 Å². The number of benzene rings is 3. The first-order valence-corrected chi connectivity index (χ1v) is 13.4. The number of rotatable bonds is 5. The summed E-state index contributed by atoms with van der Waals surface area (Å²) in [7, 11) is -1.56. The van der Waals surface area contributed by atoms with Crippen molar-refractivity contribution in [3.63, 3.8) is 0 Å². The number of anilines is 2. The topological polar surface area (TPSA) is 57.9 Å². The standard InChI is InChI=1S/C31H27BN2O3.C2H6/c1-3-4-13-26-21(2)25-12-8-9-14-27(25)34(26)24-16-18-30-29(20-24)33(23-10-6-5-7-11-23)28-17-15-22(32(35)36)19-31(28)37-30;1-2/h3-4,6,8-20,35-36H,1,5,7H2,2H3;1-2H3/b13-4-;. The van der Waals surface area contributed by atoms with E-state index in [4.69, 9.17) is 4.74 Å². The van der Waals surface area contributed by atoms with Crippen LogP contribution in [-0.2, 0) is 0 Å². The molecule has 0 unspecified atom stereocenters. The highest BCUT2D eigenvalue weighted by Gasteiger charge is 2.29. The number of fused-ring (bicyclic) bond motifs is 3. The van der Waals surface area contributed by atoms with Crippen molar-refractivity contribution < 1.29 is 14.8 Å². The molecule has 0 bridgehead atoms. The molecular weight excluding hydrogens is 483 g/mol. The van der Waals surface area contributed by atoms with Gasteiger partial charge in [-0.2, -0.15) is 0 Å². The molecule has 0 amide bonds. The molecule has 4 aromatic rings. The molecule has 2 heterocycles. The van der Waals surface area contributed by atoms with Crippen LogP contribution < -0.4 is 15.1 Å². The van der Waals surface area contributed by atoms with Gasteiger partial charge in [0.1, 0.15) is 0 Å². The van der Waals surface area contributed by atoms with Crippen molar-refractivity contribution in [3.8, 4) is 17.2 Å². The van der Waals surface area contributed by atoms with Crippen LogP contribution in [0.25, 0.3) is 22.7 Å². The zero-order chi connectivity index (χ0) is 27.5. The zero-order valence-corrected chi connectivity index (χ0v) is 22.6. The Morgan fingerprint density at radius 1 is 0.949 bits per heavy atom. The van der Waals surface area contributed by atoms with Gasteiger partial charge in [0.15, 0.2) is 11.5 Å². The Hall–Kier alpha value is -4.26. The highest BCUT2D eigenvalue weighted by molar-refractivity contribution is 6.58. The third-order valence-electron chi connectivity index (χ3n) is 6.98. The van der Waals surface area contributed by atoms with Gasteiger partial charge in [0.05, 0.1) is 16.9 Å². The lowest BCUT2D eigenvalue weighted by atomic mass is 9.80. The second-order valence-corrected chi connectivity index (χ2v) is 9.26. The third-order valence-corrected chi connectivity index (χ3v) is 6.98. The monoisotopic (exact) mass is 516 g/mol. The van der Waals surface area contributed by atoms with Gasteiger partial charge < -0.3 is 24.3 Å². The molecule has 0 radical (unpaired) electrons. The summed E-state index contributed by atoms with van der Waals surface area (Å²) in [4.78, 5) is 2.19. The van der Waals surface area contributed by atoms with Crippen molar-refractivity contribution in [2.75, 3.05) is 4.90 Å². The molecule has 0 atom stereocenters. The Labute approximate surface area is 230 Å². The molecular formula is C33H33BN2O3. The number of ether oxygens (including phenoxy) is 1. The van der Waals surface area contributed by atoms with Crippen LogP contribution in [0.4, 0.5) is 11.4 Å². The maximum atomic E-state index is 9.72. The SMILES string of the molecule is C=C/C=C\c1c(C)c2ccccc2n1-c1ccc2c(c1)N(C1=CCCC=C1)c1ccc(B(O)O)cc1O2.CC. The molecule has 1 aliphatic carbocycles. The van der Waals surface area contributed by atoms with E-state index < -0.39 is 7.12 Å². The normalized spacial score (nSPS) is 13.8. The highest BCUT2D eigenvalue weighted by atomic mass is 16.5. The van der Waals surface area contributed by atoms with Crippen LogP contribution in [0.1, 0.15) is 37.9 Å². The number of nitrogens with zero attached hydrogens (tertiary/aromatic N) is 2. The van der Waals surface area contributed by atoms with Crippen LogP contribution in [0, 0.1) is 6.92 Å². The molecule has 3 aromatic carbocycles. The lowest BCUT2D eigenvalue weighted by Gasteiger charge is -2.35. The lowest BCUT2D eigenvalue weighted by molar-refractivity contribution is 0.425. The Balaban J connectivity index is 0.00000151. The molecule has 5 nitrogen and oxygen atoms in total. The van der Waals surface area contributed by atoms with E-state index >= 15 is 0 Å². The van der Waals surface area contributed by atoms with E-state index in [-0.39, 0.29) is 0 Å². The fourth-order valence-corrected chi connectivity index (χ4v) is 5.21. The Morgan fingerprint density at radius 2 is 1.77 bits per heavy atom. The molecule has 196 valence electrons. The highest BCUT2D eigenvalue weighted by Crippen LogP contribution is 2.49. The Kier molecular flexibility index (Phi) is 7.59. The number of hydrogen-bond donors (Lipinski definition) is 2. The largest absolute Gasteiger partial charge is 0.488 e. The summed E-state index contributed by atoms with van der Waals surface area (Å²) in [5.41, 5.74) is 7.69. The van der Waals surface area contributed by atoms with Gasteiger partial charge in [-0.15, -0.1) is 0 Å². The van der Waals surface area contributed by atoms with Crippen LogP contribution in [0.5, 0.6) is 11.5 Å². The molecule has 2 aliphatic rings. The minimum absolute atomic E-state index is 0.389. The van der Waals surface area contributed by atoms with Gasteiger partial charge in [-0.1, -0.05) is 69.0 Å². The molecule has 6 heteroatoms. The van der Waals surface area contributed by atoms with Gasteiger partial charge in [0, 0.05) is 22.5 Å². The summed E-state index contributed by atoms with van der Waals surface area (Å²) in [6.45, 7) is 10.0. The van der Waals surface area contributed by atoms with Crippen molar-refractivity contribution in [2.45, 2.75) is 33.6 Å². The molecule has 0 spiro atoms. The summed E-state index contributed by atoms with van der Waals surface area (Å²) in [5, 5.41) is 20.7. The quantitative estimate of drug-likeness (QED) is 0.216. The first-order valence-electron chi connectivity index (χ1n) is 13.4. The molecule has 39 heavy (non-hydrogen) atoms. The van der Waals surface area contributed by atoms with E-state index in [0.717, 1.165) is 46.8 Å². The first kappa shape index (κ1) is 26.4. The smallest absolute Gasteiger partial charge is 0.453 e. The predicted octanol–water partition coefficient (Wildman–Crippen LogP) is 7.32. The summed E-state index contributed by atoms with van der Waals surface area (Å²) < 4.78 is 8.59. The number of hydrogen-bond acceptors (Lipinski definition) is 4. The van der Waals surface area contributed by atoms with E-state index in [1.807, 2.05) is 32.1 Å². The Morgan fingerprint density at radius 3 is 2.51 bits per heavy atom. The van der Waals surface area contributed by atoms with Gasteiger partial charge in [-0.3, -0.25) is 0 Å². The van der Waals surface area contributed by atoms with Crippen LogP contribution in [-0.4, -0.2) is 21.7 Å². The minimum Gasteiger partial charge on any atom is -0.453 e. The summed E-state index contributed by atoms with van der Waals surface area (Å²) in [5.74, 6) is 1.29. The molecule has 1 aliphatic heterocycles. The fourth-order valence-electron chi connectivity index (χ4n) is 5.21. The Bertz CT molecular complexity index is 1630. The number of aromatic nitrogens is 1. The van der Waals surface area contributed by atoms with Gasteiger partial charge in [0.2, 0.25) is 0 Å². The third kappa shape index (κ3) is 4.74. The van der Waals surface area contributed by atoms with Gasteiger partial charge in [-0.25, -0.2) is 0 Å². The molecule has 6 rings (SSSR count). The van der Waals surface area contributed by atoms with Crippen LogP contribution in [0.2, 0.25) is 0 Å². The maximum Gasteiger partial charge on any atom is 0.488 e. The van der Waals surface area contributed by atoms with Crippen molar-refractivity contribution in [3.05, 3.63) is 115 Å². The number of para-hydroxylation sites is 1. The van der Waals surface area contributed by atoms with E-state index in [0.29, 0.717) is 17.0 Å². The van der Waals surface area contributed by atoms with Crippen LogP contribution in [0.3, 0.4) is 0 Å². The molecule has 0 fully saturated rings.